The van der Waals surface area contributed by atoms with Gasteiger partial charge in [0, 0.05) is 60.9 Å². The molecule has 2 N–H and O–H groups in total. The number of benzene rings is 2. The van der Waals surface area contributed by atoms with E-state index in [1.165, 1.54) is 54.7 Å². The van der Waals surface area contributed by atoms with E-state index in [9.17, 15) is 19.2 Å². The molecule has 0 aliphatic carbocycles. The van der Waals surface area contributed by atoms with Crippen molar-refractivity contribution >= 4 is 113 Å². The van der Waals surface area contributed by atoms with Crippen molar-refractivity contribution in [3.05, 3.63) is 103 Å². The molecule has 4 heterocycles. The van der Waals surface area contributed by atoms with Gasteiger partial charge in [0.2, 0.25) is 11.8 Å². The van der Waals surface area contributed by atoms with Crippen molar-refractivity contribution in [2.75, 3.05) is 23.7 Å². The highest BCUT2D eigenvalue weighted by Gasteiger charge is 2.41. The maximum atomic E-state index is 13.4. The Morgan fingerprint density at radius 2 is 1.00 bits per heavy atom. The van der Waals surface area contributed by atoms with Crippen LogP contribution in [0.4, 0.5) is 10.3 Å². The molecule has 10 nitrogen and oxygen atoms in total. The summed E-state index contributed by atoms with van der Waals surface area (Å²) >= 11 is 16.3. The summed E-state index contributed by atoms with van der Waals surface area (Å²) in [5.41, 5.74) is 4.84. The first-order valence-corrected chi connectivity index (χ1v) is 22.5. The van der Waals surface area contributed by atoms with Gasteiger partial charge in [-0.15, -0.1) is 22.7 Å². The van der Waals surface area contributed by atoms with Crippen molar-refractivity contribution in [1.29, 1.82) is 0 Å². The quantitative estimate of drug-likeness (QED) is 0.0569. The zero-order valence-corrected chi connectivity index (χ0v) is 36.0. The minimum absolute atomic E-state index is 0.0884. The summed E-state index contributed by atoms with van der Waals surface area (Å²) in [5, 5.41) is 6.98. The van der Waals surface area contributed by atoms with Crippen LogP contribution in [0.5, 0.6) is 0 Å². The smallest absolute Gasteiger partial charge is 0.267 e. The molecule has 2 aliphatic heterocycles. The molecular formula is C40H42N6O4S6. The van der Waals surface area contributed by atoms with Crippen molar-refractivity contribution in [3.8, 4) is 0 Å². The molecule has 0 bridgehead atoms. The largest absolute Gasteiger partial charge is 0.302 e. The van der Waals surface area contributed by atoms with E-state index in [0.717, 1.165) is 59.0 Å². The summed E-state index contributed by atoms with van der Waals surface area (Å²) in [6.45, 7) is 4.95. The molecule has 0 atom stereocenters. The molecule has 4 amide bonds. The first-order chi connectivity index (χ1) is 27.0. The first-order valence-electron chi connectivity index (χ1n) is 18.4. The molecule has 2 fully saturated rings. The lowest BCUT2D eigenvalue weighted by molar-refractivity contribution is -0.124. The molecule has 2 saturated heterocycles. The van der Waals surface area contributed by atoms with Crippen LogP contribution in [0.25, 0.3) is 0 Å². The van der Waals surface area contributed by atoms with Gasteiger partial charge in [0.25, 0.3) is 11.8 Å². The first kappa shape index (κ1) is 41.8. The predicted molar refractivity (Wildman–Crippen MR) is 237 cm³/mol. The Morgan fingerprint density at radius 3 is 1.39 bits per heavy atom. The molecule has 292 valence electrons. The molecule has 4 aromatic rings. The number of hydrogen-bond donors (Lipinski definition) is 2. The van der Waals surface area contributed by atoms with Gasteiger partial charge in [0.05, 0.1) is 9.81 Å². The van der Waals surface area contributed by atoms with Gasteiger partial charge in [0.1, 0.15) is 8.64 Å². The number of aromatic nitrogens is 2. The highest BCUT2D eigenvalue weighted by atomic mass is 32.2. The van der Waals surface area contributed by atoms with Gasteiger partial charge >= 0.3 is 0 Å². The number of rotatable bonds is 18. The second kappa shape index (κ2) is 20.1. The van der Waals surface area contributed by atoms with Gasteiger partial charge < -0.3 is 10.6 Å². The number of thioether (sulfide) groups is 2. The van der Waals surface area contributed by atoms with Gasteiger partial charge in [-0.25, -0.2) is 9.97 Å². The van der Waals surface area contributed by atoms with E-state index in [-0.39, 0.29) is 23.6 Å². The van der Waals surface area contributed by atoms with Crippen LogP contribution >= 0.6 is 70.6 Å². The number of hydrogen-bond acceptors (Lipinski definition) is 12. The SMILES string of the molecule is Cc1ccc(Cc2cnc(NC(=O)CCCCCN3C(=O)C(=C4SC(=S)N(CCCCCC(=O)Nc5ncc(Cc6ccc(C)cc6)s5)C4=O)SC3=S)s2)cc1. The molecule has 0 saturated carbocycles. The summed E-state index contributed by atoms with van der Waals surface area (Å²) < 4.78 is 0.827. The minimum atomic E-state index is -0.281. The molecule has 6 rings (SSSR count). The van der Waals surface area contributed by atoms with Crippen LogP contribution in [-0.4, -0.2) is 65.1 Å². The molecule has 2 aliphatic rings. The number of thiocarbonyl (C=S) groups is 2. The third-order valence-corrected chi connectivity index (χ3v) is 13.9. The number of nitrogens with zero attached hydrogens (tertiary/aromatic N) is 4. The van der Waals surface area contributed by atoms with Gasteiger partial charge in [-0.1, -0.05) is 120 Å². The average Bonchev–Trinajstić information content (AvgIpc) is 3.94. The molecule has 0 unspecified atom stereocenters. The Morgan fingerprint density at radius 1 is 0.607 bits per heavy atom. The van der Waals surface area contributed by atoms with E-state index in [4.69, 9.17) is 24.4 Å². The average molecular weight is 863 g/mol. The van der Waals surface area contributed by atoms with Crippen molar-refractivity contribution < 1.29 is 19.2 Å². The van der Waals surface area contributed by atoms with E-state index >= 15 is 0 Å². The Kier molecular flexibility index (Phi) is 15.0. The Bertz CT molecular complexity index is 1980. The molecule has 56 heavy (non-hydrogen) atoms. The van der Waals surface area contributed by atoms with E-state index in [1.54, 1.807) is 12.4 Å². The fourth-order valence-electron chi connectivity index (χ4n) is 5.99. The Hall–Kier alpha value is -3.80. The number of carbonyl (C=O) groups excluding carboxylic acids is 4. The van der Waals surface area contributed by atoms with Crippen molar-refractivity contribution in [2.45, 2.75) is 78.1 Å². The summed E-state index contributed by atoms with van der Waals surface area (Å²) in [7, 11) is 0. The topological polar surface area (TPSA) is 125 Å². The third-order valence-electron chi connectivity index (χ3n) is 9.07. The van der Waals surface area contributed by atoms with E-state index in [1.807, 2.05) is 0 Å². The van der Waals surface area contributed by atoms with E-state index in [0.29, 0.717) is 80.3 Å². The second-order valence-electron chi connectivity index (χ2n) is 13.6. The highest BCUT2D eigenvalue weighted by Crippen LogP contribution is 2.42. The minimum Gasteiger partial charge on any atom is -0.302 e. The zero-order chi connectivity index (χ0) is 39.6. The monoisotopic (exact) mass is 862 g/mol. The van der Waals surface area contributed by atoms with Crippen LogP contribution in [-0.2, 0) is 32.0 Å². The highest BCUT2D eigenvalue weighted by molar-refractivity contribution is 8.29. The standard InChI is InChI=1S/C40H42N6O4S6/c1-25-11-15-27(16-12-25)21-29-23-41-37(53-29)43-31(47)9-5-3-7-19-45-35(49)33(55-39(45)51)34-36(50)46(40(52)56-34)20-8-4-6-10-32(48)44-38-42-24-30(54-38)22-28-17-13-26(2)14-18-28/h11-18,23-24H,3-10,19-22H2,1-2H3,(H,41,43,47)(H,42,44,48). The Labute approximate surface area is 354 Å². The van der Waals surface area contributed by atoms with Crippen LogP contribution in [0.3, 0.4) is 0 Å². The van der Waals surface area contributed by atoms with Crippen LogP contribution in [0.15, 0.2) is 70.7 Å². The van der Waals surface area contributed by atoms with Crippen LogP contribution in [0.1, 0.15) is 83.4 Å². The summed E-state index contributed by atoms with van der Waals surface area (Å²) in [5.74, 6) is -0.738. The number of aryl methyl sites for hydroxylation is 2. The molecule has 0 radical (unpaired) electrons. The molecule has 2 aromatic heterocycles. The number of nitrogens with one attached hydrogen (secondary N) is 2. The van der Waals surface area contributed by atoms with E-state index < -0.39 is 0 Å². The van der Waals surface area contributed by atoms with Gasteiger partial charge in [-0.2, -0.15) is 0 Å². The van der Waals surface area contributed by atoms with Gasteiger partial charge in [0.15, 0.2) is 10.3 Å². The fraction of sp³-hybridized carbons (Fsp3) is 0.350. The lowest BCUT2D eigenvalue weighted by Crippen LogP contribution is -2.31. The lowest BCUT2D eigenvalue weighted by atomic mass is 10.1. The number of amides is 4. The number of anilines is 2. The normalized spacial score (nSPS) is 15.7. The number of carbonyl (C=O) groups is 4. The summed E-state index contributed by atoms with van der Waals surface area (Å²) in [4.78, 5) is 66.4. The fourth-order valence-corrected chi connectivity index (χ4v) is 10.5. The van der Waals surface area contributed by atoms with Crippen molar-refractivity contribution in [3.63, 3.8) is 0 Å². The number of thiazole rings is 2. The van der Waals surface area contributed by atoms with Crippen molar-refractivity contribution in [1.82, 2.24) is 19.8 Å². The molecule has 0 spiro atoms. The second-order valence-corrected chi connectivity index (χ2v) is 19.1. The molecular weight excluding hydrogens is 821 g/mol. The predicted octanol–water partition coefficient (Wildman–Crippen LogP) is 9.03. The molecule has 16 heteroatoms. The van der Waals surface area contributed by atoms with Gasteiger partial charge in [-0.3, -0.25) is 29.0 Å². The maximum Gasteiger partial charge on any atom is 0.267 e. The lowest BCUT2D eigenvalue weighted by Gasteiger charge is -2.14. The van der Waals surface area contributed by atoms with Crippen LogP contribution in [0.2, 0.25) is 0 Å². The maximum absolute atomic E-state index is 13.4. The van der Waals surface area contributed by atoms with Crippen molar-refractivity contribution in [2.24, 2.45) is 0 Å². The third kappa shape index (κ3) is 11.6. The Balaban J connectivity index is 0.864. The molecule has 2 aromatic carbocycles. The summed E-state index contributed by atoms with van der Waals surface area (Å²) in [6, 6.07) is 16.8. The number of unbranched alkanes of at least 4 members (excludes halogenated alkanes) is 4. The van der Waals surface area contributed by atoms with Crippen LogP contribution in [0, 0.1) is 13.8 Å². The summed E-state index contributed by atoms with van der Waals surface area (Å²) in [6.07, 6.45) is 9.99. The van der Waals surface area contributed by atoms with E-state index in [2.05, 4.69) is 83.0 Å². The van der Waals surface area contributed by atoms with Gasteiger partial charge in [-0.05, 0) is 50.7 Å². The van der Waals surface area contributed by atoms with Crippen LogP contribution < -0.4 is 10.6 Å². The zero-order valence-electron chi connectivity index (χ0n) is 31.1.